The van der Waals surface area contributed by atoms with Crippen LogP contribution in [0, 0.1) is 11.6 Å². The van der Waals surface area contributed by atoms with E-state index in [1.807, 2.05) is 4.31 Å². The molecule has 0 saturated carbocycles. The largest absolute Gasteiger partial charge is 0.487 e. The summed E-state index contributed by atoms with van der Waals surface area (Å²) in [6, 6.07) is 6.80. The molecule has 1 aromatic heterocycles. The maximum Gasteiger partial charge on any atom is 0.146 e. The van der Waals surface area contributed by atoms with Crippen LogP contribution < -0.4 is 15.8 Å². The predicted molar refractivity (Wildman–Crippen MR) is 128 cm³/mol. The van der Waals surface area contributed by atoms with Crippen molar-refractivity contribution in [3.05, 3.63) is 48.3 Å². The quantitative estimate of drug-likeness (QED) is 0.378. The fourth-order valence-corrected chi connectivity index (χ4v) is 4.26. The van der Waals surface area contributed by atoms with E-state index in [4.69, 9.17) is 10.5 Å². The number of rotatable bonds is 5. The van der Waals surface area contributed by atoms with Crippen molar-refractivity contribution in [3.63, 3.8) is 0 Å². The number of nitrogens with one attached hydrogen (secondary N) is 1. The molecule has 32 heavy (non-hydrogen) atoms. The van der Waals surface area contributed by atoms with Crippen LogP contribution in [0.5, 0.6) is 5.75 Å². The number of benzene rings is 2. The molecule has 2 aromatic carbocycles. The van der Waals surface area contributed by atoms with Crippen molar-refractivity contribution in [3.8, 4) is 5.75 Å². The highest BCUT2D eigenvalue weighted by molar-refractivity contribution is 7.81. The van der Waals surface area contributed by atoms with Crippen LogP contribution in [0.2, 0.25) is 0 Å². The maximum absolute atomic E-state index is 14.5. The lowest BCUT2D eigenvalue weighted by Gasteiger charge is -2.31. The zero-order valence-corrected chi connectivity index (χ0v) is 19.4. The van der Waals surface area contributed by atoms with Crippen LogP contribution in [0.15, 0.2) is 36.7 Å². The molecule has 0 spiro atoms. The van der Waals surface area contributed by atoms with E-state index in [0.717, 1.165) is 19.4 Å². The van der Waals surface area contributed by atoms with Gasteiger partial charge in [0.25, 0.3) is 0 Å². The number of fused-ring (bicyclic) bond motifs is 1. The number of nitrogens with two attached hydrogens (primary N) is 1. The number of nitrogen functional groups attached to an aromatic ring is 1. The number of nitrogens with zero attached hydrogens (tertiary/aromatic N) is 3. The van der Waals surface area contributed by atoms with Gasteiger partial charge in [-0.1, -0.05) is 0 Å². The number of ether oxygens (including phenoxy) is 1. The van der Waals surface area contributed by atoms with Gasteiger partial charge in [-0.2, -0.15) is 12.6 Å². The number of hydrogen-bond acceptors (Lipinski definition) is 7. The first-order valence-corrected chi connectivity index (χ1v) is 12.3. The van der Waals surface area contributed by atoms with Crippen LogP contribution in [0.4, 0.5) is 26.0 Å². The van der Waals surface area contributed by atoms with Crippen LogP contribution in [-0.4, -0.2) is 50.2 Å². The molecule has 1 unspecified atom stereocenters. The Bertz CT molecular complexity index is 1120. The second-order valence-electron chi connectivity index (χ2n) is 7.08. The monoisotopic (exact) mass is 481 g/mol. The van der Waals surface area contributed by atoms with E-state index in [1.165, 1.54) is 30.6 Å². The SMILES string of the molecule is CS.CS(=O)N1CCC[C@@H](Oc2cc(F)ccc2Nc2ncnc3cc(N)cc(F)c23)C1. The second-order valence-corrected chi connectivity index (χ2v) is 8.44. The molecule has 0 amide bonds. The molecule has 2 atom stereocenters. The lowest BCUT2D eigenvalue weighted by Crippen LogP contribution is -2.41. The van der Waals surface area contributed by atoms with E-state index in [2.05, 4.69) is 27.9 Å². The first-order valence-electron chi connectivity index (χ1n) is 9.87. The standard InChI is InChI=1S/C20H21F2N5O2S.CH4S/c1-30(28)27-6-2-3-14(10-27)29-18-7-12(21)4-5-16(18)26-20-19-15(22)8-13(23)9-17(19)24-11-25-20;1-2/h4-5,7-9,11,14H,2-3,6,10,23H2,1H3,(H,24,25,26);2H,1H3/t14-,30?;/m1./s1. The molecule has 3 aromatic rings. The third-order valence-electron chi connectivity index (χ3n) is 4.91. The van der Waals surface area contributed by atoms with Crippen LogP contribution in [0.25, 0.3) is 10.9 Å². The number of thiol groups is 1. The molecule has 172 valence electrons. The summed E-state index contributed by atoms with van der Waals surface area (Å²) >= 11 is 3.53. The van der Waals surface area contributed by atoms with Crippen LogP contribution in [-0.2, 0) is 11.0 Å². The molecule has 0 aliphatic carbocycles. The van der Waals surface area contributed by atoms with E-state index in [-0.39, 0.29) is 28.7 Å². The number of piperidine rings is 1. The molecule has 3 N–H and O–H groups in total. The number of hydrogen-bond donors (Lipinski definition) is 3. The van der Waals surface area contributed by atoms with Gasteiger partial charge in [0.2, 0.25) is 0 Å². The summed E-state index contributed by atoms with van der Waals surface area (Å²) in [5.74, 6) is -0.542. The molecule has 1 aliphatic rings. The number of aromatic nitrogens is 2. The maximum atomic E-state index is 14.5. The molecule has 1 fully saturated rings. The van der Waals surface area contributed by atoms with Gasteiger partial charge in [-0.25, -0.2) is 27.3 Å². The molecule has 1 saturated heterocycles. The zero-order valence-electron chi connectivity index (χ0n) is 17.7. The predicted octanol–water partition coefficient (Wildman–Crippen LogP) is 3.92. The summed E-state index contributed by atoms with van der Waals surface area (Å²) in [4.78, 5) is 8.20. The highest BCUT2D eigenvalue weighted by Gasteiger charge is 2.24. The zero-order chi connectivity index (χ0) is 23.3. The molecular weight excluding hydrogens is 456 g/mol. The van der Waals surface area contributed by atoms with Crippen LogP contribution >= 0.6 is 12.6 Å². The summed E-state index contributed by atoms with van der Waals surface area (Å²) in [7, 11) is -1.10. The van der Waals surface area contributed by atoms with Gasteiger partial charge in [-0.15, -0.1) is 0 Å². The molecule has 7 nitrogen and oxygen atoms in total. The highest BCUT2D eigenvalue weighted by atomic mass is 32.2. The van der Waals surface area contributed by atoms with Crippen molar-refractivity contribution in [2.45, 2.75) is 18.9 Å². The molecule has 0 radical (unpaired) electrons. The van der Waals surface area contributed by atoms with Gasteiger partial charge in [0.1, 0.15) is 35.6 Å². The third kappa shape index (κ3) is 5.64. The molecule has 2 heterocycles. The smallest absolute Gasteiger partial charge is 0.146 e. The summed E-state index contributed by atoms with van der Waals surface area (Å²) < 4.78 is 48.1. The van der Waals surface area contributed by atoms with Gasteiger partial charge in [-0.05, 0) is 43.4 Å². The Kier molecular flexibility index (Phi) is 8.21. The van der Waals surface area contributed by atoms with Gasteiger partial charge in [0.15, 0.2) is 0 Å². The summed E-state index contributed by atoms with van der Waals surface area (Å²) in [6.45, 7) is 1.20. The Morgan fingerprint density at radius 3 is 2.78 bits per heavy atom. The van der Waals surface area contributed by atoms with Crippen LogP contribution in [0.1, 0.15) is 12.8 Å². The van der Waals surface area contributed by atoms with Gasteiger partial charge in [-0.3, -0.25) is 0 Å². The molecule has 1 aliphatic heterocycles. The van der Waals surface area contributed by atoms with Gasteiger partial charge in [0.05, 0.1) is 27.6 Å². The van der Waals surface area contributed by atoms with Crippen molar-refractivity contribution in [2.75, 3.05) is 36.7 Å². The first-order chi connectivity index (χ1) is 15.4. The minimum Gasteiger partial charge on any atom is -0.487 e. The Balaban J connectivity index is 0.00000141. The topological polar surface area (TPSA) is 93.4 Å². The second kappa shape index (κ2) is 10.9. The van der Waals surface area contributed by atoms with E-state index in [0.29, 0.717) is 17.7 Å². The Morgan fingerprint density at radius 2 is 2.03 bits per heavy atom. The molecule has 4 rings (SSSR count). The highest BCUT2D eigenvalue weighted by Crippen LogP contribution is 2.33. The lowest BCUT2D eigenvalue weighted by atomic mass is 10.1. The first kappa shape index (κ1) is 24.1. The minimum atomic E-state index is -1.10. The van der Waals surface area contributed by atoms with Crippen molar-refractivity contribution >= 4 is 51.7 Å². The van der Waals surface area contributed by atoms with Crippen molar-refractivity contribution in [2.24, 2.45) is 0 Å². The van der Waals surface area contributed by atoms with Crippen molar-refractivity contribution in [1.82, 2.24) is 14.3 Å². The average Bonchev–Trinajstić information content (AvgIpc) is 2.77. The van der Waals surface area contributed by atoms with Gasteiger partial charge >= 0.3 is 0 Å². The lowest BCUT2D eigenvalue weighted by molar-refractivity contribution is 0.133. The summed E-state index contributed by atoms with van der Waals surface area (Å²) in [6.07, 6.45) is 5.95. The Labute approximate surface area is 193 Å². The van der Waals surface area contributed by atoms with E-state index in [9.17, 15) is 13.0 Å². The van der Waals surface area contributed by atoms with Crippen LogP contribution in [0.3, 0.4) is 0 Å². The normalized spacial score (nSPS) is 17.3. The van der Waals surface area contributed by atoms with Crippen molar-refractivity contribution in [1.29, 1.82) is 0 Å². The average molecular weight is 482 g/mol. The fraction of sp³-hybridized carbons (Fsp3) is 0.333. The van der Waals surface area contributed by atoms with Crippen molar-refractivity contribution < 1.29 is 17.7 Å². The van der Waals surface area contributed by atoms with E-state index >= 15 is 0 Å². The van der Waals surface area contributed by atoms with Gasteiger partial charge in [0, 0.05) is 31.1 Å². The van der Waals surface area contributed by atoms with E-state index in [1.54, 1.807) is 18.6 Å². The summed E-state index contributed by atoms with van der Waals surface area (Å²) in [5.41, 5.74) is 6.73. The fourth-order valence-electron chi connectivity index (χ4n) is 3.50. The molecular formula is C21H25F2N5O2S2. The molecule has 0 bridgehead atoms. The minimum absolute atomic E-state index is 0.173. The molecule has 11 heteroatoms. The van der Waals surface area contributed by atoms with Gasteiger partial charge < -0.3 is 15.8 Å². The van der Waals surface area contributed by atoms with E-state index < -0.39 is 22.6 Å². The Hall–Kier alpha value is -2.50. The Morgan fingerprint density at radius 1 is 1.25 bits per heavy atom. The number of halogens is 2. The summed E-state index contributed by atoms with van der Waals surface area (Å²) in [5, 5.41) is 3.20. The number of anilines is 3. The third-order valence-corrected chi connectivity index (χ3v) is 5.97.